The number of carbonyl (C=O) groups excluding carboxylic acids is 1. The van der Waals surface area contributed by atoms with E-state index in [1.807, 2.05) is 0 Å². The van der Waals surface area contributed by atoms with Crippen molar-refractivity contribution >= 4 is 23.1 Å². The number of hydrogen-bond donors (Lipinski definition) is 3. The van der Waals surface area contributed by atoms with Crippen molar-refractivity contribution in [2.45, 2.75) is 17.9 Å². The molecule has 1 aliphatic rings. The fraction of sp³-hybridized carbons (Fsp3) is 0.222. The maximum Gasteiger partial charge on any atom is 0.437 e. The van der Waals surface area contributed by atoms with E-state index in [1.54, 1.807) is 11.4 Å². The summed E-state index contributed by atoms with van der Waals surface area (Å²) in [5, 5.41) is 14.4. The Kier molecular flexibility index (Phi) is 4.92. The predicted octanol–water partition coefficient (Wildman–Crippen LogP) is 3.09. The van der Waals surface area contributed by atoms with Crippen molar-refractivity contribution in [2.75, 3.05) is 0 Å². The number of Topliss-reactive ketones (excluding diaryl/α,β-unsaturated/α-hetero) is 1. The molecule has 3 atom stereocenters. The van der Waals surface area contributed by atoms with Gasteiger partial charge in [0.25, 0.3) is 0 Å². The molecule has 1 fully saturated rings. The van der Waals surface area contributed by atoms with Crippen molar-refractivity contribution in [1.29, 1.82) is 0 Å². The summed E-state index contributed by atoms with van der Waals surface area (Å²) in [6, 6.07) is 10.6. The minimum absolute atomic E-state index is 0.00583. The Bertz CT molecular complexity index is 858. The fourth-order valence-corrected chi connectivity index (χ4v) is 3.35. The smallest absolute Gasteiger partial charge is 0.363 e. The van der Waals surface area contributed by atoms with Gasteiger partial charge in [-0.3, -0.25) is 4.79 Å². The molecule has 0 spiro atoms. The zero-order valence-electron chi connectivity index (χ0n) is 13.6. The van der Waals surface area contributed by atoms with Crippen LogP contribution < -0.4 is 10.6 Å². The van der Waals surface area contributed by atoms with Gasteiger partial charge in [0.05, 0.1) is 6.04 Å². The second-order valence-corrected chi connectivity index (χ2v) is 6.51. The van der Waals surface area contributed by atoms with Gasteiger partial charge in [-0.2, -0.15) is 13.2 Å². The molecular weight excluding hydrogens is 384 g/mol. The molecule has 2 aromatic carbocycles. The summed E-state index contributed by atoms with van der Waals surface area (Å²) in [5.41, 5.74) is -3.42. The first kappa shape index (κ1) is 19.2. The average molecular weight is 398 g/mol. The van der Waals surface area contributed by atoms with Gasteiger partial charge in [0.1, 0.15) is 11.7 Å². The minimum atomic E-state index is -5.20. The first-order chi connectivity index (χ1) is 12.6. The Hall–Kier alpha value is -2.52. The van der Waals surface area contributed by atoms with Crippen LogP contribution in [0.4, 0.5) is 17.6 Å². The first-order valence-electron chi connectivity index (χ1n) is 7.86. The number of carbonyl (C=O) groups is 1. The summed E-state index contributed by atoms with van der Waals surface area (Å²) in [6.07, 6.45) is -5.20. The van der Waals surface area contributed by atoms with Crippen molar-refractivity contribution in [3.8, 4) is 0 Å². The third-order valence-corrected chi connectivity index (χ3v) is 4.60. The molecule has 1 heterocycles. The van der Waals surface area contributed by atoms with Crippen LogP contribution in [0.2, 0.25) is 0 Å². The minimum Gasteiger partial charge on any atom is -0.363 e. The van der Waals surface area contributed by atoms with E-state index in [1.165, 1.54) is 36.4 Å². The zero-order valence-corrected chi connectivity index (χ0v) is 14.4. The van der Waals surface area contributed by atoms with Gasteiger partial charge < -0.3 is 15.7 Å². The Morgan fingerprint density at radius 2 is 1.67 bits per heavy atom. The van der Waals surface area contributed by atoms with Crippen molar-refractivity contribution in [1.82, 2.24) is 10.6 Å². The van der Waals surface area contributed by atoms with Gasteiger partial charge in [0.15, 0.2) is 10.9 Å². The largest absolute Gasteiger partial charge is 0.437 e. The summed E-state index contributed by atoms with van der Waals surface area (Å²) in [4.78, 5) is 13.0. The predicted molar refractivity (Wildman–Crippen MR) is 93.3 cm³/mol. The molecule has 27 heavy (non-hydrogen) atoms. The van der Waals surface area contributed by atoms with Crippen molar-refractivity contribution in [3.05, 3.63) is 71.5 Å². The quantitative estimate of drug-likeness (QED) is 0.421. The molecule has 0 radical (unpaired) electrons. The number of thiocarbonyl (C=S) groups is 1. The van der Waals surface area contributed by atoms with E-state index in [0.717, 1.165) is 12.1 Å². The highest BCUT2D eigenvalue weighted by molar-refractivity contribution is 7.80. The maximum atomic E-state index is 13.8. The number of nitrogens with one attached hydrogen (secondary N) is 2. The Morgan fingerprint density at radius 3 is 2.22 bits per heavy atom. The van der Waals surface area contributed by atoms with Gasteiger partial charge in [-0.05, 0) is 29.9 Å². The van der Waals surface area contributed by atoms with Gasteiger partial charge in [-0.25, -0.2) is 4.39 Å². The van der Waals surface area contributed by atoms with E-state index in [2.05, 4.69) is 5.32 Å². The lowest BCUT2D eigenvalue weighted by molar-refractivity contribution is -0.285. The molecule has 0 aromatic heterocycles. The zero-order chi connectivity index (χ0) is 19.8. The van der Waals surface area contributed by atoms with Crippen LogP contribution in [0.25, 0.3) is 0 Å². The van der Waals surface area contributed by atoms with Crippen LogP contribution in [0.1, 0.15) is 22.0 Å². The standard InChI is InChI=1S/C18H14F4N2O2S/c19-12-8-6-10(7-9-12)14-13(15(25)11-4-2-1-3-5-11)17(26,18(20,21)22)24-16(27)23-14/h1-9,13-14,26H,(H2,23,24,27)/t13-,14+,17-/m1/s1. The number of aliphatic hydroxyl groups is 1. The Morgan fingerprint density at radius 1 is 1.07 bits per heavy atom. The fourth-order valence-electron chi connectivity index (χ4n) is 3.07. The highest BCUT2D eigenvalue weighted by Gasteiger charge is 2.65. The van der Waals surface area contributed by atoms with Crippen molar-refractivity contribution < 1.29 is 27.5 Å². The van der Waals surface area contributed by atoms with E-state index in [4.69, 9.17) is 12.2 Å². The number of rotatable bonds is 3. The number of benzene rings is 2. The average Bonchev–Trinajstić information content (AvgIpc) is 2.61. The topological polar surface area (TPSA) is 61.4 Å². The second kappa shape index (κ2) is 6.90. The summed E-state index contributed by atoms with van der Waals surface area (Å²) in [5.74, 6) is -3.53. The molecular formula is C18H14F4N2O2S. The summed E-state index contributed by atoms with van der Waals surface area (Å²) >= 11 is 4.81. The molecule has 0 bridgehead atoms. The molecule has 1 saturated heterocycles. The van der Waals surface area contributed by atoms with Gasteiger partial charge in [-0.1, -0.05) is 42.5 Å². The van der Waals surface area contributed by atoms with E-state index >= 15 is 0 Å². The maximum absolute atomic E-state index is 13.8. The van der Waals surface area contributed by atoms with E-state index < -0.39 is 40.6 Å². The number of hydrogen-bond acceptors (Lipinski definition) is 3. The molecule has 1 aliphatic heterocycles. The molecule has 0 aliphatic carbocycles. The second-order valence-electron chi connectivity index (χ2n) is 6.10. The summed E-state index contributed by atoms with van der Waals surface area (Å²) in [6.45, 7) is 0. The SMILES string of the molecule is O=C(c1ccccc1)[C@H]1[C@H](c2ccc(F)cc2)NC(=S)N[C@]1(O)C(F)(F)F. The number of ketones is 1. The van der Waals surface area contributed by atoms with E-state index in [9.17, 15) is 27.5 Å². The summed E-state index contributed by atoms with van der Waals surface area (Å²) in [7, 11) is 0. The third kappa shape index (κ3) is 3.52. The Labute approximate surface area is 157 Å². The van der Waals surface area contributed by atoms with E-state index in [0.29, 0.717) is 0 Å². The highest BCUT2D eigenvalue weighted by Crippen LogP contribution is 2.43. The summed E-state index contributed by atoms with van der Waals surface area (Å²) < 4.78 is 54.5. The molecule has 9 heteroatoms. The number of alkyl halides is 3. The van der Waals surface area contributed by atoms with Crippen LogP contribution in [0.3, 0.4) is 0 Å². The molecule has 142 valence electrons. The molecule has 3 N–H and O–H groups in total. The van der Waals surface area contributed by atoms with Crippen LogP contribution >= 0.6 is 12.2 Å². The molecule has 3 rings (SSSR count). The van der Waals surface area contributed by atoms with Crippen molar-refractivity contribution in [3.63, 3.8) is 0 Å². The van der Waals surface area contributed by atoms with Gasteiger partial charge in [0.2, 0.25) is 5.72 Å². The molecule has 2 aromatic rings. The molecule has 0 saturated carbocycles. The van der Waals surface area contributed by atoms with Crippen LogP contribution in [-0.4, -0.2) is 27.9 Å². The number of halogens is 4. The highest BCUT2D eigenvalue weighted by atomic mass is 32.1. The Balaban J connectivity index is 2.15. The van der Waals surface area contributed by atoms with Gasteiger partial charge >= 0.3 is 6.18 Å². The van der Waals surface area contributed by atoms with Crippen molar-refractivity contribution in [2.24, 2.45) is 5.92 Å². The van der Waals surface area contributed by atoms with Gasteiger partial charge in [-0.15, -0.1) is 0 Å². The normalized spacial score (nSPS) is 25.4. The molecule has 0 unspecified atom stereocenters. The first-order valence-corrected chi connectivity index (χ1v) is 8.27. The van der Waals surface area contributed by atoms with Crippen LogP contribution in [-0.2, 0) is 0 Å². The van der Waals surface area contributed by atoms with Crippen LogP contribution in [0.5, 0.6) is 0 Å². The van der Waals surface area contributed by atoms with E-state index in [-0.39, 0.29) is 11.1 Å². The van der Waals surface area contributed by atoms with Crippen LogP contribution in [0.15, 0.2) is 54.6 Å². The lowest BCUT2D eigenvalue weighted by Gasteiger charge is -2.46. The monoisotopic (exact) mass is 398 g/mol. The van der Waals surface area contributed by atoms with Gasteiger partial charge in [0, 0.05) is 5.56 Å². The lowest BCUT2D eigenvalue weighted by atomic mass is 9.77. The molecule has 4 nitrogen and oxygen atoms in total. The van der Waals surface area contributed by atoms with Crippen LogP contribution in [0, 0.1) is 11.7 Å². The third-order valence-electron chi connectivity index (χ3n) is 4.38. The lowest BCUT2D eigenvalue weighted by Crippen LogP contribution is -2.72. The molecule has 0 amide bonds.